The smallest absolute Gasteiger partial charge is 0.246 e. The molecule has 6 nitrogen and oxygen atoms in total. The number of fused-ring (bicyclic) bond motifs is 3. The highest BCUT2D eigenvalue weighted by atomic mass is 32.1. The summed E-state index contributed by atoms with van der Waals surface area (Å²) in [4.78, 5) is 25.8. The Morgan fingerprint density at radius 3 is 2.81 bits per heavy atom. The minimum atomic E-state index is 0.0656. The average Bonchev–Trinajstić information content (AvgIpc) is 3.15. The summed E-state index contributed by atoms with van der Waals surface area (Å²) in [5.74, 6) is 0.939. The van der Waals surface area contributed by atoms with Gasteiger partial charge in [0.1, 0.15) is 17.0 Å². The predicted molar refractivity (Wildman–Crippen MR) is 127 cm³/mol. The van der Waals surface area contributed by atoms with E-state index in [1.54, 1.807) is 23.7 Å². The van der Waals surface area contributed by atoms with Crippen molar-refractivity contribution >= 4 is 33.3 Å². The fraction of sp³-hybridized carbons (Fsp3) is 0.375. The topological polar surface area (TPSA) is 70.2 Å². The maximum Gasteiger partial charge on any atom is 0.246 e. The van der Waals surface area contributed by atoms with Crippen LogP contribution in [0.2, 0.25) is 0 Å². The number of nitrogens with one attached hydrogen (secondary N) is 2. The molecule has 0 aliphatic carbocycles. The average molecular weight is 436 g/mol. The molecule has 1 unspecified atom stereocenters. The molecule has 31 heavy (non-hydrogen) atoms. The second-order valence-electron chi connectivity index (χ2n) is 8.16. The third-order valence-electron chi connectivity index (χ3n) is 5.51. The lowest BCUT2D eigenvalue weighted by atomic mass is 10.0. The second-order valence-corrected chi connectivity index (χ2v) is 9.24. The van der Waals surface area contributed by atoms with E-state index in [0.717, 1.165) is 22.5 Å². The van der Waals surface area contributed by atoms with E-state index in [1.165, 1.54) is 16.0 Å². The fourth-order valence-electron chi connectivity index (χ4n) is 3.82. The first-order valence-corrected chi connectivity index (χ1v) is 11.6. The van der Waals surface area contributed by atoms with Crippen LogP contribution in [0, 0.1) is 0 Å². The Labute approximate surface area is 187 Å². The number of benzene rings is 1. The summed E-state index contributed by atoms with van der Waals surface area (Å²) in [5.41, 5.74) is 2.49. The van der Waals surface area contributed by atoms with Crippen molar-refractivity contribution in [2.75, 3.05) is 18.4 Å². The molecule has 0 saturated carbocycles. The van der Waals surface area contributed by atoms with Gasteiger partial charge in [0, 0.05) is 36.1 Å². The normalized spacial score (nSPS) is 14.9. The van der Waals surface area contributed by atoms with E-state index in [-0.39, 0.29) is 11.9 Å². The Morgan fingerprint density at radius 1 is 1.23 bits per heavy atom. The van der Waals surface area contributed by atoms with Crippen molar-refractivity contribution < 1.29 is 4.79 Å². The largest absolute Gasteiger partial charge is 0.363 e. The first-order chi connectivity index (χ1) is 15.0. The van der Waals surface area contributed by atoms with E-state index in [0.29, 0.717) is 25.7 Å². The van der Waals surface area contributed by atoms with Crippen molar-refractivity contribution in [3.05, 3.63) is 64.8 Å². The van der Waals surface area contributed by atoms with Crippen molar-refractivity contribution in [1.29, 1.82) is 0 Å². The van der Waals surface area contributed by atoms with Gasteiger partial charge in [-0.05, 0) is 24.5 Å². The summed E-state index contributed by atoms with van der Waals surface area (Å²) in [6, 6.07) is 10.9. The number of rotatable bonds is 7. The first-order valence-electron chi connectivity index (χ1n) is 10.8. The summed E-state index contributed by atoms with van der Waals surface area (Å²) in [5, 5.41) is 7.97. The van der Waals surface area contributed by atoms with Crippen LogP contribution in [-0.2, 0) is 17.8 Å². The van der Waals surface area contributed by atoms with Crippen LogP contribution in [-0.4, -0.2) is 39.9 Å². The molecule has 0 spiro atoms. The molecule has 0 bridgehead atoms. The molecule has 0 radical (unpaired) electrons. The maximum absolute atomic E-state index is 12.6. The van der Waals surface area contributed by atoms with Gasteiger partial charge < -0.3 is 15.5 Å². The van der Waals surface area contributed by atoms with Crippen LogP contribution in [0.3, 0.4) is 0 Å². The molecule has 3 heterocycles. The van der Waals surface area contributed by atoms with E-state index >= 15 is 0 Å². The first kappa shape index (κ1) is 21.5. The van der Waals surface area contributed by atoms with Crippen LogP contribution in [0.25, 0.3) is 10.2 Å². The number of anilines is 1. The zero-order valence-corrected chi connectivity index (χ0v) is 19.1. The third-order valence-corrected chi connectivity index (χ3v) is 6.63. The van der Waals surface area contributed by atoms with Gasteiger partial charge in [-0.1, -0.05) is 50.3 Å². The van der Waals surface area contributed by atoms with Gasteiger partial charge in [0.25, 0.3) is 0 Å². The number of carbonyl (C=O) groups is 1. The molecular formula is C24H29N5OS. The number of carbonyl (C=O) groups excluding carboxylic acids is 1. The molecular weight excluding hydrogens is 406 g/mol. The van der Waals surface area contributed by atoms with E-state index in [4.69, 9.17) is 0 Å². The van der Waals surface area contributed by atoms with Crippen LogP contribution in [0.1, 0.15) is 42.8 Å². The second kappa shape index (κ2) is 9.58. The highest BCUT2D eigenvalue weighted by Gasteiger charge is 2.25. The van der Waals surface area contributed by atoms with Crippen LogP contribution in [0.15, 0.2) is 48.8 Å². The highest BCUT2D eigenvalue weighted by Crippen LogP contribution is 2.38. The number of nitrogens with zero attached hydrogens (tertiary/aromatic N) is 3. The zero-order chi connectivity index (χ0) is 21.8. The molecule has 1 aromatic carbocycles. The maximum atomic E-state index is 12.6. The summed E-state index contributed by atoms with van der Waals surface area (Å²) < 4.78 is 0. The lowest BCUT2D eigenvalue weighted by molar-refractivity contribution is -0.126. The number of hydrogen-bond donors (Lipinski definition) is 2. The van der Waals surface area contributed by atoms with Gasteiger partial charge in [0.2, 0.25) is 5.91 Å². The molecule has 3 aromatic rings. The SMILES string of the molecule is CC(C)NCC=CC(=O)N1CCc2c(sc3ncnc(NC(C)c4ccccc4)c23)C1. The van der Waals surface area contributed by atoms with Gasteiger partial charge in [0.05, 0.1) is 11.9 Å². The Hall–Kier alpha value is -2.77. The quantitative estimate of drug-likeness (QED) is 0.542. The van der Waals surface area contributed by atoms with Crippen LogP contribution in [0.5, 0.6) is 0 Å². The molecule has 2 N–H and O–H groups in total. The molecule has 1 amide bonds. The van der Waals surface area contributed by atoms with Gasteiger partial charge in [-0.25, -0.2) is 9.97 Å². The lowest BCUT2D eigenvalue weighted by Gasteiger charge is -2.26. The summed E-state index contributed by atoms with van der Waals surface area (Å²) in [6.07, 6.45) is 6.03. The highest BCUT2D eigenvalue weighted by molar-refractivity contribution is 7.19. The van der Waals surface area contributed by atoms with Gasteiger partial charge in [-0.3, -0.25) is 4.79 Å². The van der Waals surface area contributed by atoms with E-state index in [1.807, 2.05) is 17.0 Å². The van der Waals surface area contributed by atoms with Crippen LogP contribution < -0.4 is 10.6 Å². The van der Waals surface area contributed by atoms with Crippen LogP contribution >= 0.6 is 11.3 Å². The van der Waals surface area contributed by atoms with E-state index < -0.39 is 0 Å². The Morgan fingerprint density at radius 2 is 2.03 bits per heavy atom. The third kappa shape index (κ3) is 4.94. The Bertz CT molecular complexity index is 1080. The Balaban J connectivity index is 1.51. The van der Waals surface area contributed by atoms with Crippen molar-refractivity contribution in [3.8, 4) is 0 Å². The predicted octanol–water partition coefficient (Wildman–Crippen LogP) is 4.30. The summed E-state index contributed by atoms with van der Waals surface area (Å²) >= 11 is 1.67. The van der Waals surface area contributed by atoms with Gasteiger partial charge in [0.15, 0.2) is 0 Å². The molecule has 4 rings (SSSR count). The minimum absolute atomic E-state index is 0.0656. The standard InChI is InChI=1S/C24H29N5OS/c1-16(2)25-12-7-10-21(30)29-13-11-19-20(14-29)31-24-22(19)23(26-15-27-24)28-17(3)18-8-5-4-6-9-18/h4-10,15-17,25H,11-14H2,1-3H3,(H,26,27,28). The molecule has 162 valence electrons. The minimum Gasteiger partial charge on any atom is -0.363 e. The van der Waals surface area contributed by atoms with Crippen molar-refractivity contribution in [2.45, 2.75) is 45.8 Å². The van der Waals surface area contributed by atoms with Gasteiger partial charge in [-0.2, -0.15) is 0 Å². The summed E-state index contributed by atoms with van der Waals surface area (Å²) in [6.45, 7) is 8.37. The van der Waals surface area contributed by atoms with Crippen molar-refractivity contribution in [2.24, 2.45) is 0 Å². The van der Waals surface area contributed by atoms with Gasteiger partial charge >= 0.3 is 0 Å². The monoisotopic (exact) mass is 435 g/mol. The molecule has 1 aliphatic rings. The molecule has 1 atom stereocenters. The van der Waals surface area contributed by atoms with Gasteiger partial charge in [-0.15, -0.1) is 11.3 Å². The Kier molecular flexibility index (Phi) is 6.63. The zero-order valence-electron chi connectivity index (χ0n) is 18.3. The molecule has 0 fully saturated rings. The van der Waals surface area contributed by atoms with E-state index in [9.17, 15) is 4.79 Å². The van der Waals surface area contributed by atoms with E-state index in [2.05, 4.69) is 65.6 Å². The fourth-order valence-corrected chi connectivity index (χ4v) is 5.03. The summed E-state index contributed by atoms with van der Waals surface area (Å²) in [7, 11) is 0. The molecule has 2 aromatic heterocycles. The van der Waals surface area contributed by atoms with Crippen molar-refractivity contribution in [1.82, 2.24) is 20.2 Å². The molecule has 7 heteroatoms. The van der Waals surface area contributed by atoms with Crippen molar-refractivity contribution in [3.63, 3.8) is 0 Å². The lowest BCUT2D eigenvalue weighted by Crippen LogP contribution is -2.34. The molecule has 0 saturated heterocycles. The number of thiophene rings is 1. The van der Waals surface area contributed by atoms with Crippen LogP contribution in [0.4, 0.5) is 5.82 Å². The number of aromatic nitrogens is 2. The molecule has 1 aliphatic heterocycles. The number of hydrogen-bond acceptors (Lipinski definition) is 6. The number of amides is 1.